The molecule has 584 valence electrons. The van der Waals surface area contributed by atoms with Crippen molar-refractivity contribution in [2.24, 2.45) is 0 Å². The molecule has 4 aliphatic carbocycles. The predicted octanol–water partition coefficient (Wildman–Crippen LogP) is 33.3. The van der Waals surface area contributed by atoms with Gasteiger partial charge in [0.1, 0.15) is 0 Å². The van der Waals surface area contributed by atoms with Crippen molar-refractivity contribution in [1.82, 2.24) is 0 Å². The Kier molecular flexibility index (Phi) is 17.6. The summed E-state index contributed by atoms with van der Waals surface area (Å²) in [6.07, 6.45) is 0. The molecule has 0 aromatic heterocycles. The third-order valence-corrected chi connectivity index (χ3v) is 27.4. The van der Waals surface area contributed by atoms with Crippen LogP contribution in [0.3, 0.4) is 0 Å². The van der Waals surface area contributed by atoms with Crippen LogP contribution in [0, 0.1) is 0 Å². The molecule has 0 amide bonds. The van der Waals surface area contributed by atoms with Gasteiger partial charge in [0.2, 0.25) is 0 Å². The second kappa shape index (κ2) is 30.0. The lowest BCUT2D eigenvalue weighted by molar-refractivity contribution is 0.794. The van der Waals surface area contributed by atoms with Crippen molar-refractivity contribution in [3.05, 3.63) is 522 Å². The van der Waals surface area contributed by atoms with E-state index in [4.69, 9.17) is 0 Å². The number of nitrogens with zero attached hydrogens (tertiary/aromatic N) is 1. The summed E-state index contributed by atoms with van der Waals surface area (Å²) in [5.74, 6) is 0. The Morgan fingerprint density at radius 2 is 0.464 bits per heavy atom. The first-order chi connectivity index (χ1) is 61.9. The minimum absolute atomic E-state index is 0.427. The highest BCUT2D eigenvalue weighted by atomic mass is 79.9. The van der Waals surface area contributed by atoms with Gasteiger partial charge in [-0.05, 0) is 260 Å². The van der Waals surface area contributed by atoms with Crippen molar-refractivity contribution in [1.29, 1.82) is 0 Å². The average molecular weight is 1650 g/mol. The van der Waals surface area contributed by atoms with Gasteiger partial charge in [0.05, 0.1) is 16.5 Å². The zero-order valence-electron chi connectivity index (χ0n) is 68.4. The van der Waals surface area contributed by atoms with Gasteiger partial charge in [0.25, 0.3) is 0 Å². The first-order valence-corrected chi connectivity index (χ1v) is 44.0. The third kappa shape index (κ3) is 11.7. The molecule has 0 saturated heterocycles. The van der Waals surface area contributed by atoms with Crippen LogP contribution in [0.4, 0.5) is 28.4 Å². The molecule has 26 rings (SSSR count). The molecular formula is C122H79BrN2. The maximum absolute atomic E-state index is 4.03. The molecule has 0 fully saturated rings. The quantitative estimate of drug-likeness (QED) is 0.145. The van der Waals surface area contributed by atoms with E-state index < -0.39 is 10.8 Å². The number of hydrogen-bond donors (Lipinski definition) is 1. The normalized spacial score (nSPS) is 12.8. The van der Waals surface area contributed by atoms with Crippen molar-refractivity contribution in [3.63, 3.8) is 0 Å². The Balaban J connectivity index is 0.000000131. The van der Waals surface area contributed by atoms with Crippen LogP contribution in [0.2, 0.25) is 0 Å². The second-order valence-corrected chi connectivity index (χ2v) is 34.2. The van der Waals surface area contributed by atoms with Crippen LogP contribution < -0.4 is 10.2 Å². The average Bonchev–Trinajstić information content (AvgIpc) is 1.51. The van der Waals surface area contributed by atoms with Crippen molar-refractivity contribution in [2.75, 3.05) is 10.2 Å². The van der Waals surface area contributed by atoms with Gasteiger partial charge in [-0.3, -0.25) is 0 Å². The number of hydrogen-bond acceptors (Lipinski definition) is 2. The fourth-order valence-electron chi connectivity index (χ4n) is 21.6. The van der Waals surface area contributed by atoms with E-state index in [9.17, 15) is 0 Å². The number of fused-ring (bicyclic) bond motifs is 32. The lowest BCUT2D eigenvalue weighted by Gasteiger charge is -2.33. The molecule has 0 heterocycles. The number of halogens is 1. The lowest BCUT2D eigenvalue weighted by Crippen LogP contribution is -2.26. The zero-order chi connectivity index (χ0) is 82.7. The molecule has 4 aliphatic rings. The van der Waals surface area contributed by atoms with E-state index in [0.29, 0.717) is 0 Å². The van der Waals surface area contributed by atoms with Gasteiger partial charge in [0.15, 0.2) is 0 Å². The molecule has 2 nitrogen and oxygen atoms in total. The number of anilines is 5. The summed E-state index contributed by atoms with van der Waals surface area (Å²) in [5.41, 5.74) is 35.3. The second-order valence-electron chi connectivity index (χ2n) is 33.3. The molecule has 0 aliphatic heterocycles. The molecule has 1 N–H and O–H groups in total. The van der Waals surface area contributed by atoms with Gasteiger partial charge in [-0.15, -0.1) is 0 Å². The highest BCUT2D eigenvalue weighted by Gasteiger charge is 2.54. The molecule has 2 spiro atoms. The molecule has 125 heavy (non-hydrogen) atoms. The van der Waals surface area contributed by atoms with Gasteiger partial charge in [0, 0.05) is 38.3 Å². The van der Waals surface area contributed by atoms with E-state index in [1.54, 1.807) is 0 Å². The molecule has 0 unspecified atom stereocenters. The highest BCUT2D eigenvalue weighted by Crippen LogP contribution is 2.66. The van der Waals surface area contributed by atoms with Crippen LogP contribution in [0.5, 0.6) is 0 Å². The van der Waals surface area contributed by atoms with Gasteiger partial charge >= 0.3 is 0 Å². The summed E-state index contributed by atoms with van der Waals surface area (Å²) in [5, 5.41) is 19.3. The number of rotatable bonds is 9. The standard InChI is InChI=1S/C61H39N.C55H35N.C6H5Br/c1-3-17-40(18-4-1)41-31-33-42(34-32-41)53-38-55-52-27-13-16-30-58(52)61(56-28-14-11-25-50(56)51-26-12-15-29-57(51)61)59(55)39-60(53)62(43-19-5-2-6-20-43)44-35-36-49-47-23-8-7-21-45(47)46-22-9-10-24-48(46)54(49)37-44;1-2-14-35(15-3-1)36-26-28-37(29-27-36)47-33-49-46-22-10-13-25-52(46)55(50-23-11-8-20-44(50)45-21-9-12-24-51(45)55)53(49)34-54(47)56-38-30-31-43-41-18-5-4-16-39(41)40-17-6-7-19-42(40)48(43)32-38;7-6-4-2-1-3-5-6/h1-39H;1-34,56H;1-5H. The summed E-state index contributed by atoms with van der Waals surface area (Å²) in [7, 11) is 0. The molecule has 0 radical (unpaired) electrons. The molecule has 22 aromatic rings. The zero-order valence-corrected chi connectivity index (χ0v) is 69.9. The van der Waals surface area contributed by atoms with Crippen LogP contribution >= 0.6 is 15.9 Å². The van der Waals surface area contributed by atoms with Crippen LogP contribution in [-0.2, 0) is 10.8 Å². The SMILES string of the molecule is Brc1ccccc1.c1ccc(-c2ccc(-c3cc4c(cc3N(c3ccccc3)c3ccc5c6ccccc6c6ccccc6c5c3)C3(c5ccccc5-c5ccccc53)c3ccccc3-4)cc2)cc1.c1ccc(-c2ccc(-c3cc4c(cc3Nc3ccc5c6ccccc6c6ccccc6c5c3)C3(c5ccccc5-c5ccccc53)c3ccccc3-4)cc2)cc1. The third-order valence-electron chi connectivity index (χ3n) is 26.9. The van der Waals surface area contributed by atoms with Gasteiger partial charge in [-0.25, -0.2) is 0 Å². The van der Waals surface area contributed by atoms with Crippen molar-refractivity contribution in [2.45, 2.75) is 10.8 Å². The van der Waals surface area contributed by atoms with Gasteiger partial charge < -0.3 is 10.2 Å². The number of benzene rings is 22. The van der Waals surface area contributed by atoms with Crippen molar-refractivity contribution >= 4 is 109 Å². The number of nitrogens with one attached hydrogen (secondary N) is 1. The molecule has 22 aromatic carbocycles. The van der Waals surface area contributed by atoms with Crippen molar-refractivity contribution in [3.8, 4) is 89.0 Å². The minimum atomic E-state index is -0.482. The van der Waals surface area contributed by atoms with Crippen LogP contribution in [0.25, 0.3) is 154 Å². The van der Waals surface area contributed by atoms with E-state index in [1.807, 2.05) is 30.3 Å². The maximum atomic E-state index is 4.03. The molecule has 3 heteroatoms. The Morgan fingerprint density at radius 1 is 0.176 bits per heavy atom. The maximum Gasteiger partial charge on any atom is 0.0726 e. The predicted molar refractivity (Wildman–Crippen MR) is 531 cm³/mol. The molecule has 0 bridgehead atoms. The Bertz CT molecular complexity index is 7900. The van der Waals surface area contributed by atoms with Crippen LogP contribution in [0.15, 0.2) is 478 Å². The van der Waals surface area contributed by atoms with Crippen LogP contribution in [-0.4, -0.2) is 0 Å². The topological polar surface area (TPSA) is 15.3 Å². The van der Waals surface area contributed by atoms with Gasteiger partial charge in [-0.1, -0.05) is 416 Å². The van der Waals surface area contributed by atoms with Crippen LogP contribution in [0.1, 0.15) is 44.5 Å². The van der Waals surface area contributed by atoms with E-state index in [-0.39, 0.29) is 0 Å². The summed E-state index contributed by atoms with van der Waals surface area (Å²) >= 11 is 3.31. The minimum Gasteiger partial charge on any atom is -0.355 e. The molecular weight excluding hydrogens is 1570 g/mol. The summed E-state index contributed by atoms with van der Waals surface area (Å²) in [4.78, 5) is 2.51. The van der Waals surface area contributed by atoms with E-state index in [0.717, 1.165) is 32.9 Å². The largest absolute Gasteiger partial charge is 0.355 e. The lowest BCUT2D eigenvalue weighted by atomic mass is 9.70. The monoisotopic (exact) mass is 1650 g/mol. The van der Waals surface area contributed by atoms with E-state index in [2.05, 4.69) is 469 Å². The first kappa shape index (κ1) is 73.4. The van der Waals surface area contributed by atoms with Crippen molar-refractivity contribution < 1.29 is 0 Å². The summed E-state index contributed by atoms with van der Waals surface area (Å²) in [6.45, 7) is 0. The Morgan fingerprint density at radius 3 is 0.856 bits per heavy atom. The smallest absolute Gasteiger partial charge is 0.0726 e. The van der Waals surface area contributed by atoms with E-state index >= 15 is 0 Å². The Hall–Kier alpha value is -15.5. The fourth-order valence-corrected chi connectivity index (χ4v) is 21.9. The fraction of sp³-hybridized carbons (Fsp3) is 0.0164. The van der Waals surface area contributed by atoms with Gasteiger partial charge in [-0.2, -0.15) is 0 Å². The summed E-state index contributed by atoms with van der Waals surface area (Å²) < 4.78 is 1.13. The molecule has 0 atom stereocenters. The first-order valence-electron chi connectivity index (χ1n) is 43.2. The number of para-hydroxylation sites is 1. The molecule has 0 saturated carbocycles. The summed E-state index contributed by atoms with van der Waals surface area (Å²) in [6, 6.07) is 174. The Labute approximate surface area is 735 Å². The van der Waals surface area contributed by atoms with E-state index in [1.165, 1.54) is 198 Å². The highest BCUT2D eigenvalue weighted by molar-refractivity contribution is 9.10.